The highest BCUT2D eigenvalue weighted by Crippen LogP contribution is 2.18. The first-order chi connectivity index (χ1) is 35.9. The molecule has 0 aromatic carbocycles. The van der Waals surface area contributed by atoms with E-state index in [9.17, 15) is 14.4 Å². The average molecular weight is 1040 g/mol. The number of nitrogens with zero attached hydrogens (tertiary/aromatic N) is 1. The van der Waals surface area contributed by atoms with Crippen LogP contribution in [0.2, 0.25) is 0 Å². The molecule has 3 N–H and O–H groups in total. The van der Waals surface area contributed by atoms with Crippen LogP contribution in [0.15, 0.2) is 0 Å². The Bertz CT molecular complexity index is 1030. The number of unbranched alkanes of at least 4 members (excludes halogenated alkanes) is 42. The fourth-order valence-corrected chi connectivity index (χ4v) is 9.56. The number of carbonyl (C=O) groups is 3. The molecule has 0 saturated carbocycles. The zero-order chi connectivity index (χ0) is 53.6. The summed E-state index contributed by atoms with van der Waals surface area (Å²) >= 11 is 0. The lowest BCUT2D eigenvalue weighted by atomic mass is 10.0. The van der Waals surface area contributed by atoms with Gasteiger partial charge in [-0.25, -0.2) is 0 Å². The van der Waals surface area contributed by atoms with Crippen molar-refractivity contribution in [2.75, 3.05) is 52.7 Å². The molecular weight excluding hydrogens is 915 g/mol. The molecule has 0 aliphatic rings. The van der Waals surface area contributed by atoms with E-state index in [0.29, 0.717) is 38.9 Å². The van der Waals surface area contributed by atoms with E-state index in [1.165, 1.54) is 231 Å². The van der Waals surface area contributed by atoms with Crippen molar-refractivity contribution in [2.45, 2.75) is 335 Å². The second-order valence-electron chi connectivity index (χ2n) is 21.6. The maximum atomic E-state index is 12.8. The normalized spacial score (nSPS) is 11.3. The Morgan fingerprint density at radius 2 is 0.493 bits per heavy atom. The highest BCUT2D eigenvalue weighted by molar-refractivity contribution is 5.71. The first-order valence-corrected chi connectivity index (χ1v) is 31.9. The van der Waals surface area contributed by atoms with Crippen LogP contribution in [0.25, 0.3) is 0 Å². The standard InChI is InChI=1S/C57H110O6.C6H15NO3/c1-4-7-10-13-16-19-22-25-28-31-34-37-40-43-46-49-55(58)61-52-54(63-57(60)51-48-45-42-39-36-33-30-27-24-21-18-15-12-9-6-3)53-62-56(59)50-47-44-41-38-35-32-29-26-23-20-17-14-11-8-5-2;8-4-1-7(2-5-9)3-6-10/h54H,4-53H2,1-3H3;8-10H,1-6H2. The largest absolute Gasteiger partial charge is 0.462 e. The number of rotatable bonds is 59. The lowest BCUT2D eigenvalue weighted by Gasteiger charge is -2.18. The van der Waals surface area contributed by atoms with Crippen LogP contribution < -0.4 is 0 Å². The summed E-state index contributed by atoms with van der Waals surface area (Å²) in [5.74, 6) is -0.832. The summed E-state index contributed by atoms with van der Waals surface area (Å²) in [6.45, 7) is 8.46. The van der Waals surface area contributed by atoms with Crippen molar-refractivity contribution in [1.82, 2.24) is 4.90 Å². The van der Waals surface area contributed by atoms with E-state index in [4.69, 9.17) is 29.5 Å². The first kappa shape index (κ1) is 73.3. The van der Waals surface area contributed by atoms with Gasteiger partial charge in [0.15, 0.2) is 6.10 Å². The average Bonchev–Trinajstić information content (AvgIpc) is 3.38. The molecular formula is C63H125NO9. The van der Waals surface area contributed by atoms with Gasteiger partial charge in [-0.2, -0.15) is 0 Å². The minimum absolute atomic E-state index is 0.0611. The smallest absolute Gasteiger partial charge is 0.306 e. The number of aliphatic hydroxyl groups excluding tert-OH is 3. The van der Waals surface area contributed by atoms with Crippen LogP contribution in [0.5, 0.6) is 0 Å². The van der Waals surface area contributed by atoms with E-state index < -0.39 is 6.10 Å². The van der Waals surface area contributed by atoms with Crippen LogP contribution in [-0.4, -0.2) is 96.9 Å². The van der Waals surface area contributed by atoms with Crippen molar-refractivity contribution in [3.8, 4) is 0 Å². The number of esters is 3. The van der Waals surface area contributed by atoms with Gasteiger partial charge in [0.25, 0.3) is 0 Å². The zero-order valence-electron chi connectivity index (χ0n) is 48.9. The Kier molecular flexibility index (Phi) is 64.8. The molecule has 0 rings (SSSR count). The number of aliphatic hydroxyl groups is 3. The van der Waals surface area contributed by atoms with Crippen LogP contribution in [0, 0.1) is 0 Å². The topological polar surface area (TPSA) is 143 Å². The Morgan fingerprint density at radius 1 is 0.301 bits per heavy atom. The van der Waals surface area contributed by atoms with Gasteiger partial charge in [0, 0.05) is 38.9 Å². The maximum Gasteiger partial charge on any atom is 0.306 e. The van der Waals surface area contributed by atoms with Gasteiger partial charge < -0.3 is 29.5 Å². The van der Waals surface area contributed by atoms with E-state index in [1.54, 1.807) is 4.90 Å². The highest BCUT2D eigenvalue weighted by Gasteiger charge is 2.19. The maximum absolute atomic E-state index is 12.8. The van der Waals surface area contributed by atoms with Crippen molar-refractivity contribution in [3.63, 3.8) is 0 Å². The summed E-state index contributed by atoms with van der Waals surface area (Å²) in [5.41, 5.74) is 0. The van der Waals surface area contributed by atoms with Gasteiger partial charge in [0.05, 0.1) is 19.8 Å². The van der Waals surface area contributed by atoms with E-state index in [1.807, 2.05) is 0 Å². The van der Waals surface area contributed by atoms with Gasteiger partial charge in [-0.1, -0.05) is 290 Å². The van der Waals surface area contributed by atoms with Crippen molar-refractivity contribution in [3.05, 3.63) is 0 Å². The van der Waals surface area contributed by atoms with Crippen molar-refractivity contribution < 1.29 is 43.9 Å². The van der Waals surface area contributed by atoms with Crippen molar-refractivity contribution in [1.29, 1.82) is 0 Å². The van der Waals surface area contributed by atoms with Crippen LogP contribution in [0.3, 0.4) is 0 Å². The van der Waals surface area contributed by atoms with Gasteiger partial charge in [-0.05, 0) is 19.3 Å². The van der Waals surface area contributed by atoms with Gasteiger partial charge in [0.1, 0.15) is 13.2 Å². The van der Waals surface area contributed by atoms with E-state index in [2.05, 4.69) is 20.8 Å². The predicted molar refractivity (Wildman–Crippen MR) is 308 cm³/mol. The number of ether oxygens (including phenoxy) is 3. The van der Waals surface area contributed by atoms with E-state index in [0.717, 1.165) is 57.8 Å². The molecule has 0 aromatic rings. The summed E-state index contributed by atoms with van der Waals surface area (Å²) in [4.78, 5) is 39.9. The molecule has 0 amide bonds. The van der Waals surface area contributed by atoms with Crippen LogP contribution >= 0.6 is 0 Å². The number of hydrogen-bond acceptors (Lipinski definition) is 10. The summed E-state index contributed by atoms with van der Waals surface area (Å²) in [6.07, 6.45) is 58.0. The molecule has 0 aliphatic carbocycles. The molecule has 0 unspecified atom stereocenters. The summed E-state index contributed by atoms with van der Waals surface area (Å²) < 4.78 is 16.9. The summed E-state index contributed by atoms with van der Waals surface area (Å²) in [7, 11) is 0. The summed E-state index contributed by atoms with van der Waals surface area (Å²) in [6, 6.07) is 0. The SMILES string of the molecule is CCCCCCCCCCCCCCCCCC(=O)OCC(COC(=O)CCCCCCCCCCCCCCCCC)OC(=O)CCCCCCCCCCCCCCCCC.OCCN(CCO)CCO. The molecule has 0 aromatic heterocycles. The molecule has 0 fully saturated rings. The third-order valence-electron chi connectivity index (χ3n) is 14.4. The molecule has 10 nitrogen and oxygen atoms in total. The Labute approximate surface area is 452 Å². The van der Waals surface area contributed by atoms with Gasteiger partial charge in [0.2, 0.25) is 0 Å². The molecule has 0 saturated heterocycles. The minimum Gasteiger partial charge on any atom is -0.462 e. The zero-order valence-corrected chi connectivity index (χ0v) is 48.9. The lowest BCUT2D eigenvalue weighted by Crippen LogP contribution is -2.32. The number of carbonyl (C=O) groups excluding carboxylic acids is 3. The third kappa shape index (κ3) is 62.7. The Balaban J connectivity index is 0. The van der Waals surface area contributed by atoms with Crippen molar-refractivity contribution >= 4 is 17.9 Å². The van der Waals surface area contributed by atoms with Gasteiger partial charge in [-0.3, -0.25) is 19.3 Å². The lowest BCUT2D eigenvalue weighted by molar-refractivity contribution is -0.167. The molecule has 0 aliphatic heterocycles. The molecule has 73 heavy (non-hydrogen) atoms. The van der Waals surface area contributed by atoms with Crippen LogP contribution in [0.4, 0.5) is 0 Å². The van der Waals surface area contributed by atoms with Crippen LogP contribution in [0.1, 0.15) is 329 Å². The fourth-order valence-electron chi connectivity index (χ4n) is 9.56. The predicted octanol–water partition coefficient (Wildman–Crippen LogP) is 17.0. The second-order valence-corrected chi connectivity index (χ2v) is 21.6. The third-order valence-corrected chi connectivity index (χ3v) is 14.4. The highest BCUT2D eigenvalue weighted by atomic mass is 16.6. The molecule has 0 bridgehead atoms. The fraction of sp³-hybridized carbons (Fsp3) is 0.952. The van der Waals surface area contributed by atoms with E-state index >= 15 is 0 Å². The second kappa shape index (κ2) is 64.5. The quantitative estimate of drug-likeness (QED) is 0.0306. The van der Waals surface area contributed by atoms with E-state index in [-0.39, 0.29) is 50.9 Å². The van der Waals surface area contributed by atoms with Gasteiger partial charge in [-0.15, -0.1) is 0 Å². The molecule has 10 heteroatoms. The van der Waals surface area contributed by atoms with Gasteiger partial charge >= 0.3 is 17.9 Å². The summed E-state index contributed by atoms with van der Waals surface area (Å²) in [5, 5.41) is 25.5. The Hall–Kier alpha value is -1.75. The van der Waals surface area contributed by atoms with Crippen LogP contribution in [-0.2, 0) is 28.6 Å². The monoisotopic (exact) mass is 1040 g/mol. The molecule has 0 atom stereocenters. The molecule has 0 radical (unpaired) electrons. The number of hydrogen-bond donors (Lipinski definition) is 3. The minimum atomic E-state index is -0.760. The first-order valence-electron chi connectivity index (χ1n) is 31.9. The molecule has 0 heterocycles. The Morgan fingerprint density at radius 3 is 0.699 bits per heavy atom. The molecule has 0 spiro atoms. The van der Waals surface area contributed by atoms with Crippen molar-refractivity contribution in [2.24, 2.45) is 0 Å². The molecule has 436 valence electrons.